The molecule has 0 heterocycles. The van der Waals surface area contributed by atoms with Gasteiger partial charge in [0.05, 0.1) is 5.92 Å². The van der Waals surface area contributed by atoms with E-state index in [9.17, 15) is 9.90 Å². The second-order valence-electron chi connectivity index (χ2n) is 7.10. The summed E-state index contributed by atoms with van der Waals surface area (Å²) in [4.78, 5) is 11.4. The first kappa shape index (κ1) is 14.5. The van der Waals surface area contributed by atoms with Crippen molar-refractivity contribution in [3.05, 3.63) is 0 Å². The zero-order valence-corrected chi connectivity index (χ0v) is 11.6. The SMILES string of the molecule is CC1(C)CC(CN)CCC(C(=O)O)C(C)(C)C1. The first-order valence-electron chi connectivity index (χ1n) is 6.61. The van der Waals surface area contributed by atoms with Crippen LogP contribution in [0.2, 0.25) is 0 Å². The van der Waals surface area contributed by atoms with Crippen LogP contribution in [0.15, 0.2) is 0 Å². The first-order chi connectivity index (χ1) is 7.68. The van der Waals surface area contributed by atoms with Crippen LogP contribution in [-0.2, 0) is 4.79 Å². The van der Waals surface area contributed by atoms with E-state index in [0.29, 0.717) is 12.5 Å². The highest BCUT2D eigenvalue weighted by Crippen LogP contribution is 2.47. The molecule has 1 fully saturated rings. The zero-order chi connectivity index (χ0) is 13.3. The number of carboxylic acid groups (broad SMARTS) is 1. The van der Waals surface area contributed by atoms with E-state index in [1.165, 1.54) is 0 Å². The number of hydrogen-bond acceptors (Lipinski definition) is 2. The maximum Gasteiger partial charge on any atom is 0.307 e. The van der Waals surface area contributed by atoms with Gasteiger partial charge in [0.25, 0.3) is 0 Å². The van der Waals surface area contributed by atoms with Gasteiger partial charge in [-0.15, -0.1) is 0 Å². The molecule has 0 radical (unpaired) electrons. The van der Waals surface area contributed by atoms with E-state index in [0.717, 1.165) is 25.7 Å². The molecule has 17 heavy (non-hydrogen) atoms. The van der Waals surface area contributed by atoms with Gasteiger partial charge in [0.2, 0.25) is 0 Å². The molecule has 1 saturated carbocycles. The minimum absolute atomic E-state index is 0.130. The summed E-state index contributed by atoms with van der Waals surface area (Å²) in [5, 5.41) is 9.39. The zero-order valence-electron chi connectivity index (χ0n) is 11.6. The lowest BCUT2D eigenvalue weighted by Crippen LogP contribution is -2.39. The molecule has 1 rings (SSSR count). The molecule has 2 unspecified atom stereocenters. The van der Waals surface area contributed by atoms with E-state index in [4.69, 9.17) is 5.73 Å². The van der Waals surface area contributed by atoms with E-state index in [1.807, 2.05) is 0 Å². The highest BCUT2D eigenvalue weighted by atomic mass is 16.4. The van der Waals surface area contributed by atoms with Gasteiger partial charge in [-0.05, 0) is 49.0 Å². The predicted octanol–water partition coefficient (Wildman–Crippen LogP) is 2.89. The standard InChI is InChI=1S/C14H27NO2/c1-13(2)7-10(8-15)5-6-11(12(16)17)14(3,4)9-13/h10-11H,5-9,15H2,1-4H3,(H,16,17). The number of hydrogen-bond donors (Lipinski definition) is 2. The number of nitrogens with two attached hydrogens (primary N) is 1. The van der Waals surface area contributed by atoms with Crippen molar-refractivity contribution in [3.63, 3.8) is 0 Å². The summed E-state index contributed by atoms with van der Waals surface area (Å²) in [6.45, 7) is 9.34. The minimum atomic E-state index is -0.650. The Hall–Kier alpha value is -0.570. The van der Waals surface area contributed by atoms with Gasteiger partial charge in [0.1, 0.15) is 0 Å². The quantitative estimate of drug-likeness (QED) is 0.781. The molecule has 1 aliphatic rings. The topological polar surface area (TPSA) is 63.3 Å². The molecule has 3 heteroatoms. The molecule has 0 aliphatic heterocycles. The monoisotopic (exact) mass is 241 g/mol. The minimum Gasteiger partial charge on any atom is -0.481 e. The normalized spacial score (nSPS) is 32.5. The molecule has 2 atom stereocenters. The fraction of sp³-hybridized carbons (Fsp3) is 0.929. The molecule has 3 N–H and O–H groups in total. The van der Waals surface area contributed by atoms with Crippen LogP contribution in [0.1, 0.15) is 53.4 Å². The summed E-state index contributed by atoms with van der Waals surface area (Å²) in [7, 11) is 0. The van der Waals surface area contributed by atoms with Crippen LogP contribution < -0.4 is 5.73 Å². The van der Waals surface area contributed by atoms with Crippen molar-refractivity contribution < 1.29 is 9.90 Å². The van der Waals surface area contributed by atoms with Gasteiger partial charge in [-0.3, -0.25) is 4.79 Å². The second-order valence-corrected chi connectivity index (χ2v) is 7.10. The van der Waals surface area contributed by atoms with Gasteiger partial charge in [0, 0.05) is 0 Å². The van der Waals surface area contributed by atoms with Crippen molar-refractivity contribution in [2.75, 3.05) is 6.54 Å². The van der Waals surface area contributed by atoms with E-state index < -0.39 is 5.97 Å². The second kappa shape index (κ2) is 4.97. The Morgan fingerprint density at radius 3 is 2.35 bits per heavy atom. The van der Waals surface area contributed by atoms with Crippen molar-refractivity contribution >= 4 is 5.97 Å². The lowest BCUT2D eigenvalue weighted by atomic mass is 9.62. The molecule has 0 bridgehead atoms. The fourth-order valence-corrected chi connectivity index (χ4v) is 3.76. The van der Waals surface area contributed by atoms with E-state index in [-0.39, 0.29) is 16.7 Å². The van der Waals surface area contributed by atoms with Crippen molar-refractivity contribution in [2.45, 2.75) is 53.4 Å². The van der Waals surface area contributed by atoms with Gasteiger partial charge in [-0.1, -0.05) is 27.7 Å². The molecule has 0 aromatic heterocycles. The maximum absolute atomic E-state index is 11.4. The third-order valence-electron chi connectivity index (χ3n) is 4.21. The molecule has 0 aromatic carbocycles. The smallest absolute Gasteiger partial charge is 0.307 e. The predicted molar refractivity (Wildman–Crippen MR) is 69.7 cm³/mol. The van der Waals surface area contributed by atoms with Gasteiger partial charge in [-0.2, -0.15) is 0 Å². The molecule has 0 saturated heterocycles. The highest BCUT2D eigenvalue weighted by Gasteiger charge is 2.41. The Balaban J connectivity index is 2.93. The molecule has 3 nitrogen and oxygen atoms in total. The van der Waals surface area contributed by atoms with Crippen molar-refractivity contribution in [2.24, 2.45) is 28.4 Å². The van der Waals surface area contributed by atoms with Gasteiger partial charge < -0.3 is 10.8 Å². The maximum atomic E-state index is 11.4. The number of carboxylic acids is 1. The first-order valence-corrected chi connectivity index (χ1v) is 6.61. The van der Waals surface area contributed by atoms with Crippen LogP contribution in [-0.4, -0.2) is 17.6 Å². The molecule has 0 amide bonds. The van der Waals surface area contributed by atoms with Crippen molar-refractivity contribution in [1.82, 2.24) is 0 Å². The van der Waals surface area contributed by atoms with Crippen LogP contribution in [0.4, 0.5) is 0 Å². The van der Waals surface area contributed by atoms with Gasteiger partial charge in [-0.25, -0.2) is 0 Å². The Morgan fingerprint density at radius 2 is 1.88 bits per heavy atom. The molecule has 1 aliphatic carbocycles. The molecule has 0 aromatic rings. The van der Waals surface area contributed by atoms with Crippen molar-refractivity contribution in [3.8, 4) is 0 Å². The summed E-state index contributed by atoms with van der Waals surface area (Å²) in [6.07, 6.45) is 3.77. The fourth-order valence-electron chi connectivity index (χ4n) is 3.76. The average molecular weight is 241 g/mol. The van der Waals surface area contributed by atoms with E-state index >= 15 is 0 Å². The van der Waals surface area contributed by atoms with Crippen LogP contribution in [0.5, 0.6) is 0 Å². The lowest BCUT2D eigenvalue weighted by molar-refractivity contribution is -0.148. The summed E-state index contributed by atoms with van der Waals surface area (Å²) < 4.78 is 0. The van der Waals surface area contributed by atoms with Gasteiger partial charge in [0.15, 0.2) is 0 Å². The summed E-state index contributed by atoms with van der Waals surface area (Å²) in [5.41, 5.74) is 5.84. The van der Waals surface area contributed by atoms with Crippen LogP contribution in [0.3, 0.4) is 0 Å². The Kier molecular flexibility index (Phi) is 4.23. The van der Waals surface area contributed by atoms with Crippen LogP contribution >= 0.6 is 0 Å². The van der Waals surface area contributed by atoms with Crippen LogP contribution in [0.25, 0.3) is 0 Å². The molecule has 0 spiro atoms. The van der Waals surface area contributed by atoms with Gasteiger partial charge >= 0.3 is 5.97 Å². The Labute approximate surface area is 105 Å². The summed E-state index contributed by atoms with van der Waals surface area (Å²) in [6, 6.07) is 0. The Bertz CT molecular complexity index is 284. The third-order valence-corrected chi connectivity index (χ3v) is 4.21. The molecular weight excluding hydrogens is 214 g/mol. The Morgan fingerprint density at radius 1 is 1.29 bits per heavy atom. The average Bonchev–Trinajstić information content (AvgIpc) is 2.11. The van der Waals surface area contributed by atoms with Crippen molar-refractivity contribution in [1.29, 1.82) is 0 Å². The van der Waals surface area contributed by atoms with E-state index in [1.54, 1.807) is 0 Å². The highest BCUT2D eigenvalue weighted by molar-refractivity contribution is 5.71. The third kappa shape index (κ3) is 3.70. The summed E-state index contributed by atoms with van der Waals surface area (Å²) >= 11 is 0. The molecule has 100 valence electrons. The number of aliphatic carboxylic acids is 1. The summed E-state index contributed by atoms with van der Waals surface area (Å²) in [5.74, 6) is -0.414. The molecular formula is C14H27NO2. The number of rotatable bonds is 2. The lowest BCUT2D eigenvalue weighted by Gasteiger charge is -2.43. The van der Waals surface area contributed by atoms with Crippen LogP contribution in [0, 0.1) is 22.7 Å². The largest absolute Gasteiger partial charge is 0.481 e. The van der Waals surface area contributed by atoms with E-state index in [2.05, 4.69) is 27.7 Å². The number of carbonyl (C=O) groups is 1.